The van der Waals surface area contributed by atoms with Gasteiger partial charge in [-0.25, -0.2) is 9.37 Å². The molecule has 1 heterocycles. The third-order valence-electron chi connectivity index (χ3n) is 5.74. The van der Waals surface area contributed by atoms with Gasteiger partial charge >= 0.3 is 0 Å². The van der Waals surface area contributed by atoms with E-state index in [1.807, 2.05) is 30.3 Å². The number of benzene rings is 4. The van der Waals surface area contributed by atoms with Crippen LogP contribution in [0.2, 0.25) is 0 Å². The molecule has 7 nitrogen and oxygen atoms in total. The molecule has 0 amide bonds. The van der Waals surface area contributed by atoms with E-state index in [0.29, 0.717) is 33.9 Å². The molecule has 0 atom stereocenters. The van der Waals surface area contributed by atoms with Gasteiger partial charge in [0.15, 0.2) is 5.78 Å². The fourth-order valence-corrected chi connectivity index (χ4v) is 3.90. The van der Waals surface area contributed by atoms with Gasteiger partial charge < -0.3 is 10.1 Å². The number of imidazole rings is 1. The number of non-ortho nitro benzene ring substituents is 1. The van der Waals surface area contributed by atoms with E-state index in [1.54, 1.807) is 24.3 Å². The highest BCUT2D eigenvalue weighted by molar-refractivity contribution is 6.09. The number of halogens is 1. The molecule has 0 radical (unpaired) electrons. The Morgan fingerprint density at radius 1 is 0.861 bits per heavy atom. The molecule has 0 fully saturated rings. The molecule has 0 spiro atoms. The van der Waals surface area contributed by atoms with Gasteiger partial charge in [-0.05, 0) is 30.3 Å². The topological polar surface area (TPSA) is 109 Å². The molecule has 0 aliphatic rings. The first-order valence-electron chi connectivity index (χ1n) is 10.9. The largest absolute Gasteiger partial charge is 0.507 e. The van der Waals surface area contributed by atoms with Crippen LogP contribution in [0.4, 0.5) is 10.1 Å². The van der Waals surface area contributed by atoms with E-state index < -0.39 is 10.7 Å². The first kappa shape index (κ1) is 22.7. The number of rotatable bonds is 6. The number of nitrogens with zero attached hydrogens (tertiary/aromatic N) is 2. The molecule has 4 aromatic carbocycles. The summed E-state index contributed by atoms with van der Waals surface area (Å²) in [5, 5.41) is 21.5. The van der Waals surface area contributed by atoms with Crippen molar-refractivity contribution < 1.29 is 19.2 Å². The Balaban J connectivity index is 1.56. The highest BCUT2D eigenvalue weighted by atomic mass is 19.1. The fraction of sp³-hybridized carbons (Fsp3) is 0. The molecule has 2 N–H and O–H groups in total. The summed E-state index contributed by atoms with van der Waals surface area (Å²) in [5.74, 6) is -0.581. The lowest BCUT2D eigenvalue weighted by Gasteiger charge is -2.06. The van der Waals surface area contributed by atoms with E-state index in [9.17, 15) is 24.4 Å². The summed E-state index contributed by atoms with van der Waals surface area (Å²) < 4.78 is 13.2. The van der Waals surface area contributed by atoms with Gasteiger partial charge in [0.1, 0.15) is 17.4 Å². The Kier molecular flexibility index (Phi) is 5.83. The van der Waals surface area contributed by atoms with E-state index in [1.165, 1.54) is 36.4 Å². The molecule has 1 aromatic heterocycles. The number of ketones is 1. The molecule has 0 unspecified atom stereocenters. The van der Waals surface area contributed by atoms with Crippen LogP contribution in [0.25, 0.3) is 33.9 Å². The van der Waals surface area contributed by atoms with Crippen LogP contribution >= 0.6 is 0 Å². The van der Waals surface area contributed by atoms with E-state index in [-0.39, 0.29) is 17.2 Å². The summed E-state index contributed by atoms with van der Waals surface area (Å²) in [6.45, 7) is 0. The summed E-state index contributed by atoms with van der Waals surface area (Å²) >= 11 is 0. The smallest absolute Gasteiger partial charge is 0.273 e. The lowest BCUT2D eigenvalue weighted by molar-refractivity contribution is -0.384. The SMILES string of the molecule is O=C(c1ccc(F)cc1)c1ccc(-c2[nH]c(-c3ccc([N+](=O)[O-])cc3O)nc2-c2ccccc2)cc1. The summed E-state index contributed by atoms with van der Waals surface area (Å²) in [7, 11) is 0. The van der Waals surface area contributed by atoms with Crippen LogP contribution in [0.15, 0.2) is 97.1 Å². The second-order valence-corrected chi connectivity index (χ2v) is 8.05. The van der Waals surface area contributed by atoms with Gasteiger partial charge in [-0.2, -0.15) is 0 Å². The van der Waals surface area contributed by atoms with Gasteiger partial charge in [0.2, 0.25) is 0 Å². The van der Waals surface area contributed by atoms with Crippen LogP contribution in [0.1, 0.15) is 15.9 Å². The Hall–Kier alpha value is -5.11. The molecule has 5 aromatic rings. The number of carbonyl (C=O) groups excluding carboxylic acids is 1. The zero-order valence-electron chi connectivity index (χ0n) is 18.7. The summed E-state index contributed by atoms with van der Waals surface area (Å²) in [4.78, 5) is 31.1. The Morgan fingerprint density at radius 2 is 1.50 bits per heavy atom. The second kappa shape index (κ2) is 9.27. The summed E-state index contributed by atoms with van der Waals surface area (Å²) in [6, 6.07) is 25.5. The number of nitrogens with one attached hydrogen (secondary N) is 1. The van der Waals surface area contributed by atoms with Gasteiger partial charge in [0.05, 0.1) is 27.9 Å². The minimum atomic E-state index is -0.582. The van der Waals surface area contributed by atoms with E-state index in [4.69, 9.17) is 0 Å². The van der Waals surface area contributed by atoms with Crippen LogP contribution < -0.4 is 0 Å². The average Bonchev–Trinajstić information content (AvgIpc) is 3.34. The molecule has 176 valence electrons. The molecular formula is C28H18FN3O4. The van der Waals surface area contributed by atoms with E-state index >= 15 is 0 Å². The first-order chi connectivity index (χ1) is 17.4. The molecule has 36 heavy (non-hydrogen) atoms. The van der Waals surface area contributed by atoms with Crippen LogP contribution in [0.5, 0.6) is 5.75 Å². The van der Waals surface area contributed by atoms with Crippen molar-refractivity contribution in [3.8, 4) is 39.7 Å². The Morgan fingerprint density at radius 3 is 2.11 bits per heavy atom. The molecule has 0 bridgehead atoms. The molecule has 5 rings (SSSR count). The Bertz CT molecular complexity index is 1580. The lowest BCUT2D eigenvalue weighted by atomic mass is 10.00. The van der Waals surface area contributed by atoms with Crippen molar-refractivity contribution >= 4 is 11.5 Å². The third kappa shape index (κ3) is 4.35. The normalized spacial score (nSPS) is 10.8. The molecule has 0 aliphatic heterocycles. The zero-order chi connectivity index (χ0) is 25.2. The average molecular weight is 479 g/mol. The van der Waals surface area contributed by atoms with Gasteiger partial charge in [0, 0.05) is 28.3 Å². The quantitative estimate of drug-likeness (QED) is 0.167. The number of hydrogen-bond donors (Lipinski definition) is 2. The van der Waals surface area contributed by atoms with Crippen LogP contribution in [0, 0.1) is 15.9 Å². The maximum Gasteiger partial charge on any atom is 0.273 e. The molecule has 0 saturated carbocycles. The van der Waals surface area contributed by atoms with Gasteiger partial charge in [-0.15, -0.1) is 0 Å². The number of aromatic amines is 1. The van der Waals surface area contributed by atoms with Gasteiger partial charge in [0.25, 0.3) is 5.69 Å². The Labute approximate surface area is 204 Å². The number of nitro groups is 1. The minimum Gasteiger partial charge on any atom is -0.507 e. The summed E-state index contributed by atoms with van der Waals surface area (Å²) in [5.41, 5.74) is 3.73. The number of hydrogen-bond acceptors (Lipinski definition) is 5. The van der Waals surface area contributed by atoms with Crippen molar-refractivity contribution in [1.82, 2.24) is 9.97 Å². The number of aromatic nitrogens is 2. The number of H-pyrrole nitrogens is 1. The molecule has 0 saturated heterocycles. The minimum absolute atomic E-state index is 0.229. The number of phenolic OH excluding ortho intramolecular Hbond substituents is 1. The maximum absolute atomic E-state index is 13.2. The van der Waals surface area contributed by atoms with Crippen LogP contribution in [0.3, 0.4) is 0 Å². The predicted octanol–water partition coefficient (Wildman–Crippen LogP) is 6.39. The number of carbonyl (C=O) groups is 1. The number of aromatic hydroxyl groups is 1. The van der Waals surface area contributed by atoms with E-state index in [2.05, 4.69) is 9.97 Å². The van der Waals surface area contributed by atoms with E-state index in [0.717, 1.165) is 17.2 Å². The standard InChI is InChI=1S/C28H18FN3O4/c29-21-12-10-20(11-13-21)27(34)19-8-6-18(7-9-19)26-25(17-4-2-1-3-5-17)30-28(31-26)23-15-14-22(32(35)36)16-24(23)33/h1-16,33H,(H,30,31). The monoisotopic (exact) mass is 479 g/mol. The van der Waals surface area contributed by atoms with Crippen molar-refractivity contribution in [2.24, 2.45) is 0 Å². The van der Waals surface area contributed by atoms with Crippen molar-refractivity contribution in [3.05, 3.63) is 124 Å². The van der Waals surface area contributed by atoms with Crippen LogP contribution in [-0.4, -0.2) is 25.8 Å². The van der Waals surface area contributed by atoms with Gasteiger partial charge in [-0.3, -0.25) is 14.9 Å². The molecule has 0 aliphatic carbocycles. The van der Waals surface area contributed by atoms with Crippen molar-refractivity contribution in [2.45, 2.75) is 0 Å². The highest BCUT2D eigenvalue weighted by Gasteiger charge is 2.19. The highest BCUT2D eigenvalue weighted by Crippen LogP contribution is 2.37. The maximum atomic E-state index is 13.2. The lowest BCUT2D eigenvalue weighted by Crippen LogP contribution is -2.01. The second-order valence-electron chi connectivity index (χ2n) is 8.05. The van der Waals surface area contributed by atoms with Crippen molar-refractivity contribution in [2.75, 3.05) is 0 Å². The summed E-state index contributed by atoms with van der Waals surface area (Å²) in [6.07, 6.45) is 0. The fourth-order valence-electron chi connectivity index (χ4n) is 3.90. The zero-order valence-corrected chi connectivity index (χ0v) is 18.7. The number of phenols is 1. The molecular weight excluding hydrogens is 461 g/mol. The van der Waals surface area contributed by atoms with Crippen molar-refractivity contribution in [1.29, 1.82) is 0 Å². The molecule has 8 heteroatoms. The van der Waals surface area contributed by atoms with Crippen molar-refractivity contribution in [3.63, 3.8) is 0 Å². The predicted molar refractivity (Wildman–Crippen MR) is 133 cm³/mol. The van der Waals surface area contributed by atoms with Crippen LogP contribution in [-0.2, 0) is 0 Å². The van der Waals surface area contributed by atoms with Gasteiger partial charge in [-0.1, -0.05) is 54.6 Å². The first-order valence-corrected chi connectivity index (χ1v) is 10.9. The third-order valence-corrected chi connectivity index (χ3v) is 5.74. The number of nitro benzene ring substituents is 1.